The van der Waals surface area contributed by atoms with Crippen LogP contribution in [-0.2, 0) is 16.6 Å². The highest BCUT2D eigenvalue weighted by atomic mass is 32.2. The Bertz CT molecular complexity index is 707. The number of nitrogens with zero attached hydrogens (tertiary/aromatic N) is 5. The number of carboxylic acids is 1. The zero-order chi connectivity index (χ0) is 16.8. The second-order valence-corrected chi connectivity index (χ2v) is 8.06. The van der Waals surface area contributed by atoms with Gasteiger partial charge in [-0.3, -0.25) is 9.69 Å². The van der Waals surface area contributed by atoms with Crippen molar-refractivity contribution >= 4 is 47.2 Å². The number of carboxylic acid groups (broad SMARTS) is 1. The maximum absolute atomic E-state index is 12.3. The van der Waals surface area contributed by atoms with E-state index < -0.39 is 10.8 Å². The number of aryl methyl sites for hydroxylation is 1. The van der Waals surface area contributed by atoms with E-state index in [4.69, 9.17) is 5.73 Å². The summed E-state index contributed by atoms with van der Waals surface area (Å²) < 4.78 is 1.51. The molecule has 2 aliphatic heterocycles. The third-order valence-corrected chi connectivity index (χ3v) is 7.38. The number of nitrogens with two attached hydrogens (primary N) is 1. The minimum absolute atomic E-state index is 0.0384. The van der Waals surface area contributed by atoms with Crippen molar-refractivity contribution in [2.45, 2.75) is 15.4 Å². The first-order valence-corrected chi connectivity index (χ1v) is 9.75. The number of β-lactam (4-membered cyclic amide) rings is 1. The van der Waals surface area contributed by atoms with Gasteiger partial charge in [0, 0.05) is 18.6 Å². The fourth-order valence-electron chi connectivity index (χ4n) is 2.41. The number of rotatable bonds is 5. The number of carbonyl (C=O) groups is 2. The molecule has 0 aliphatic carbocycles. The van der Waals surface area contributed by atoms with Gasteiger partial charge in [-0.2, -0.15) is 0 Å². The van der Waals surface area contributed by atoms with Gasteiger partial charge in [-0.15, -0.1) is 28.6 Å². The third-order valence-electron chi connectivity index (χ3n) is 3.64. The minimum atomic E-state index is -1.11. The smallest absolute Gasteiger partial charge is 0.352 e. The van der Waals surface area contributed by atoms with Crippen LogP contribution in [0.4, 0.5) is 0 Å². The van der Waals surface area contributed by atoms with Crippen LogP contribution in [0.5, 0.6) is 0 Å². The van der Waals surface area contributed by atoms with E-state index in [0.717, 1.165) is 0 Å². The van der Waals surface area contributed by atoms with Crippen LogP contribution in [-0.4, -0.2) is 70.1 Å². The third kappa shape index (κ3) is 2.53. The maximum atomic E-state index is 12.3. The number of aliphatic carboxylic acids is 1. The van der Waals surface area contributed by atoms with Crippen molar-refractivity contribution in [1.29, 1.82) is 0 Å². The lowest BCUT2D eigenvalue weighted by atomic mass is 10.0. The Morgan fingerprint density at radius 1 is 1.61 bits per heavy atom. The molecule has 0 spiro atoms. The number of fused-ring (bicyclic) bond motifs is 1. The van der Waals surface area contributed by atoms with E-state index in [0.29, 0.717) is 22.2 Å². The lowest BCUT2D eigenvalue weighted by Crippen LogP contribution is -2.76. The van der Waals surface area contributed by atoms with Crippen LogP contribution in [0, 0.1) is 0 Å². The predicted octanol–water partition coefficient (Wildman–Crippen LogP) is -0.426. The highest BCUT2D eigenvalue weighted by Crippen LogP contribution is 2.49. The molecule has 0 saturated carbocycles. The Balaban J connectivity index is 1.85. The number of aromatic nitrogens is 4. The zero-order valence-electron chi connectivity index (χ0n) is 12.3. The molecule has 2 aliphatic rings. The topological polar surface area (TPSA) is 127 Å². The number of tetrazole rings is 1. The summed E-state index contributed by atoms with van der Waals surface area (Å²) >= 11 is 4.07. The molecule has 1 aromatic heterocycles. The molecule has 1 aromatic rings. The Kier molecular flexibility index (Phi) is 4.33. The lowest BCUT2D eigenvalue weighted by molar-refractivity contribution is -0.149. The quantitative estimate of drug-likeness (QED) is 0.398. The Hall–Kier alpha value is -1.24. The normalized spacial score (nSPS) is 27.0. The van der Waals surface area contributed by atoms with Gasteiger partial charge in [0.2, 0.25) is 5.16 Å². The molecule has 3 heterocycles. The number of amides is 1. The molecule has 124 valence electrons. The maximum Gasteiger partial charge on any atom is 0.352 e. The first-order valence-electron chi connectivity index (χ1n) is 6.50. The Morgan fingerprint density at radius 3 is 2.91 bits per heavy atom. The molecular weight excluding hydrogens is 360 g/mol. The van der Waals surface area contributed by atoms with Crippen molar-refractivity contribution in [3.63, 3.8) is 0 Å². The van der Waals surface area contributed by atoms with Gasteiger partial charge < -0.3 is 10.8 Å². The van der Waals surface area contributed by atoms with E-state index in [-0.39, 0.29) is 17.0 Å². The molecule has 1 saturated heterocycles. The van der Waals surface area contributed by atoms with E-state index in [1.165, 1.54) is 44.9 Å². The van der Waals surface area contributed by atoms with E-state index >= 15 is 0 Å². The fraction of sp³-hybridized carbons (Fsp3) is 0.545. The molecule has 0 aromatic carbocycles. The summed E-state index contributed by atoms with van der Waals surface area (Å²) in [6, 6.07) is 0. The van der Waals surface area contributed by atoms with Crippen LogP contribution in [0.2, 0.25) is 0 Å². The van der Waals surface area contributed by atoms with Gasteiger partial charge in [-0.25, -0.2) is 9.48 Å². The SMILES string of the molecule is CS[C@]1(N)C(=O)N2C(C(=O)O)=C(CSc3nnnn3C)CSC21. The van der Waals surface area contributed by atoms with Gasteiger partial charge in [0.05, 0.1) is 0 Å². The van der Waals surface area contributed by atoms with E-state index in [9.17, 15) is 14.7 Å². The standard InChI is InChI=1S/C11H14N6O3S3/c1-16-10(13-14-15-16)23-4-5-3-22-9-11(12,21-2)8(20)17(9)6(5)7(18)19/h9H,3-4,12H2,1-2H3,(H,18,19)/t9?,11-/m1/s1. The summed E-state index contributed by atoms with van der Waals surface area (Å²) in [5, 5.41) is 20.9. The molecular formula is C11H14N6O3S3. The molecule has 12 heteroatoms. The lowest BCUT2D eigenvalue weighted by Gasteiger charge is -2.54. The highest BCUT2D eigenvalue weighted by molar-refractivity contribution is 8.05. The summed E-state index contributed by atoms with van der Waals surface area (Å²) in [7, 11) is 1.71. The summed E-state index contributed by atoms with van der Waals surface area (Å²) in [6.45, 7) is 0. The summed E-state index contributed by atoms with van der Waals surface area (Å²) in [5.74, 6) is -0.565. The van der Waals surface area contributed by atoms with E-state index in [1.807, 2.05) is 0 Å². The molecule has 3 N–H and O–H groups in total. The summed E-state index contributed by atoms with van der Waals surface area (Å²) in [5.41, 5.74) is 6.79. The minimum Gasteiger partial charge on any atom is -0.477 e. The van der Waals surface area contributed by atoms with Crippen molar-refractivity contribution in [2.75, 3.05) is 17.8 Å². The summed E-state index contributed by atoms with van der Waals surface area (Å²) in [4.78, 5) is 24.2. The highest BCUT2D eigenvalue weighted by Gasteiger charge is 2.62. The Morgan fingerprint density at radius 2 is 2.35 bits per heavy atom. The Labute approximate surface area is 144 Å². The number of thioether (sulfide) groups is 3. The van der Waals surface area contributed by atoms with Crippen molar-refractivity contribution < 1.29 is 14.7 Å². The van der Waals surface area contributed by atoms with Crippen LogP contribution in [0.3, 0.4) is 0 Å². The monoisotopic (exact) mass is 374 g/mol. The van der Waals surface area contributed by atoms with Gasteiger partial charge in [0.15, 0.2) is 4.87 Å². The summed E-state index contributed by atoms with van der Waals surface area (Å²) in [6.07, 6.45) is 1.76. The van der Waals surface area contributed by atoms with Crippen LogP contribution in [0.25, 0.3) is 0 Å². The fourth-order valence-corrected chi connectivity index (χ4v) is 5.77. The van der Waals surface area contributed by atoms with Crippen LogP contribution in [0.15, 0.2) is 16.4 Å². The van der Waals surface area contributed by atoms with Gasteiger partial charge >= 0.3 is 5.97 Å². The molecule has 3 rings (SSSR count). The molecule has 9 nitrogen and oxygen atoms in total. The number of hydrogen-bond donors (Lipinski definition) is 2. The average Bonchev–Trinajstić information content (AvgIpc) is 2.95. The van der Waals surface area contributed by atoms with Crippen molar-refractivity contribution in [1.82, 2.24) is 25.1 Å². The van der Waals surface area contributed by atoms with Crippen molar-refractivity contribution in [3.8, 4) is 0 Å². The van der Waals surface area contributed by atoms with Crippen LogP contribution >= 0.6 is 35.3 Å². The molecule has 0 bridgehead atoms. The second kappa shape index (κ2) is 6.00. The number of hydrogen-bond acceptors (Lipinski definition) is 9. The molecule has 23 heavy (non-hydrogen) atoms. The molecule has 1 unspecified atom stereocenters. The zero-order valence-corrected chi connectivity index (χ0v) is 14.7. The van der Waals surface area contributed by atoms with E-state index in [1.54, 1.807) is 13.3 Å². The van der Waals surface area contributed by atoms with Crippen molar-refractivity contribution in [3.05, 3.63) is 11.3 Å². The van der Waals surface area contributed by atoms with Crippen LogP contribution < -0.4 is 5.73 Å². The van der Waals surface area contributed by atoms with Crippen molar-refractivity contribution in [2.24, 2.45) is 12.8 Å². The predicted molar refractivity (Wildman–Crippen MR) is 87.7 cm³/mol. The first kappa shape index (κ1) is 16.6. The largest absolute Gasteiger partial charge is 0.477 e. The van der Waals surface area contributed by atoms with Crippen LogP contribution in [0.1, 0.15) is 0 Å². The molecule has 2 atom stereocenters. The van der Waals surface area contributed by atoms with Gasteiger partial charge in [-0.05, 0) is 22.3 Å². The van der Waals surface area contributed by atoms with Gasteiger partial charge in [0.25, 0.3) is 5.91 Å². The molecule has 1 amide bonds. The average molecular weight is 374 g/mol. The molecule has 1 fully saturated rings. The van der Waals surface area contributed by atoms with Gasteiger partial charge in [-0.1, -0.05) is 11.8 Å². The van der Waals surface area contributed by atoms with Gasteiger partial charge in [0.1, 0.15) is 11.1 Å². The second-order valence-electron chi connectivity index (χ2n) is 4.97. The number of carbonyl (C=O) groups excluding carboxylic acids is 1. The van der Waals surface area contributed by atoms with E-state index in [2.05, 4.69) is 15.5 Å². The molecule has 0 radical (unpaired) electrons. The first-order chi connectivity index (χ1) is 10.9.